The first-order chi connectivity index (χ1) is 15.9. The van der Waals surface area contributed by atoms with E-state index in [2.05, 4.69) is 15.5 Å². The number of piperidine rings is 1. The molecule has 2 aliphatic heterocycles. The summed E-state index contributed by atoms with van der Waals surface area (Å²) in [5.41, 5.74) is 0.886. The Morgan fingerprint density at radius 3 is 2.64 bits per heavy atom. The van der Waals surface area contributed by atoms with E-state index >= 15 is 0 Å². The molecule has 1 N–H and O–H groups in total. The summed E-state index contributed by atoms with van der Waals surface area (Å²) in [7, 11) is -3.60. The molecule has 1 aromatic heterocycles. The molecule has 10 nitrogen and oxygen atoms in total. The molecule has 172 valence electrons. The molecule has 3 heterocycles. The Morgan fingerprint density at radius 1 is 1.06 bits per heavy atom. The van der Waals surface area contributed by atoms with Crippen LogP contribution in [0.1, 0.15) is 36.5 Å². The summed E-state index contributed by atoms with van der Waals surface area (Å²) in [6, 6.07) is 10.9. The third kappa shape index (κ3) is 4.16. The number of anilines is 1. The average molecular weight is 471 g/mol. The number of carbonyl (C=O) groups is 1. The van der Waals surface area contributed by atoms with Gasteiger partial charge in [-0.15, -0.1) is 5.10 Å². The molecule has 0 bridgehead atoms. The quantitative estimate of drug-likeness (QED) is 0.602. The number of ether oxygens (including phenoxy) is 2. The first kappa shape index (κ1) is 21.4. The predicted octanol–water partition coefficient (Wildman–Crippen LogP) is 3.28. The van der Waals surface area contributed by atoms with Crippen LogP contribution in [0.2, 0.25) is 0 Å². The molecule has 11 heteroatoms. The number of sulfonamides is 1. The Morgan fingerprint density at radius 2 is 1.85 bits per heavy atom. The molecule has 2 aliphatic rings. The van der Waals surface area contributed by atoms with Crippen LogP contribution in [-0.2, 0) is 10.0 Å². The van der Waals surface area contributed by atoms with E-state index in [9.17, 15) is 13.2 Å². The molecule has 3 aromatic rings. The van der Waals surface area contributed by atoms with E-state index in [1.54, 1.807) is 18.2 Å². The number of nitrogens with zero attached hydrogens (tertiary/aromatic N) is 3. The minimum absolute atomic E-state index is 0.0387. The van der Waals surface area contributed by atoms with Crippen molar-refractivity contribution >= 4 is 21.9 Å². The molecule has 0 aliphatic carbocycles. The molecule has 0 radical (unpaired) electrons. The molecule has 0 saturated carbocycles. The van der Waals surface area contributed by atoms with E-state index in [1.807, 2.05) is 6.92 Å². The number of carbonyl (C=O) groups excluding carboxylic acids is 1. The first-order valence-electron chi connectivity index (χ1n) is 10.6. The lowest BCUT2D eigenvalue weighted by molar-refractivity contribution is 0.102. The van der Waals surface area contributed by atoms with Crippen molar-refractivity contribution in [1.29, 1.82) is 0 Å². The van der Waals surface area contributed by atoms with Gasteiger partial charge in [-0.05, 0) is 62.2 Å². The molecule has 0 spiro atoms. The fourth-order valence-corrected chi connectivity index (χ4v) is 5.63. The van der Waals surface area contributed by atoms with Gasteiger partial charge in [-0.25, -0.2) is 8.42 Å². The van der Waals surface area contributed by atoms with Crippen molar-refractivity contribution in [1.82, 2.24) is 14.5 Å². The van der Waals surface area contributed by atoms with E-state index in [1.165, 1.54) is 28.6 Å². The molecule has 1 fully saturated rings. The van der Waals surface area contributed by atoms with Crippen LogP contribution < -0.4 is 14.8 Å². The zero-order valence-corrected chi connectivity index (χ0v) is 18.7. The van der Waals surface area contributed by atoms with Crippen LogP contribution >= 0.6 is 0 Å². The van der Waals surface area contributed by atoms with Crippen LogP contribution in [0.5, 0.6) is 11.5 Å². The van der Waals surface area contributed by atoms with Crippen LogP contribution in [0, 0.1) is 0 Å². The smallest absolute Gasteiger partial charge is 0.322 e. The highest BCUT2D eigenvalue weighted by atomic mass is 32.2. The third-order valence-electron chi connectivity index (χ3n) is 5.73. The number of hydrogen-bond donors (Lipinski definition) is 1. The van der Waals surface area contributed by atoms with E-state index in [0.717, 1.165) is 19.3 Å². The van der Waals surface area contributed by atoms with Crippen LogP contribution in [0.4, 0.5) is 6.01 Å². The van der Waals surface area contributed by atoms with Crippen molar-refractivity contribution in [3.05, 3.63) is 48.0 Å². The number of amides is 1. The number of fused-ring (bicyclic) bond motifs is 1. The van der Waals surface area contributed by atoms with Crippen molar-refractivity contribution in [3.63, 3.8) is 0 Å². The standard InChI is InChI=1S/C22H22N4O6S/c1-14-4-2-3-11-26(14)33(28,29)17-8-5-15(6-9-17)20(27)23-22-25-24-21(32-22)16-7-10-18-19(12-16)31-13-30-18/h5-10,12,14H,2-4,11,13H2,1H3,(H,23,25,27). The van der Waals surface area contributed by atoms with Gasteiger partial charge in [0.05, 0.1) is 4.90 Å². The van der Waals surface area contributed by atoms with Crippen LogP contribution in [0.25, 0.3) is 11.5 Å². The van der Waals surface area contributed by atoms with Crippen LogP contribution in [-0.4, -0.2) is 48.2 Å². The number of rotatable bonds is 5. The zero-order chi connectivity index (χ0) is 23.0. The van der Waals surface area contributed by atoms with Gasteiger partial charge in [0.2, 0.25) is 22.7 Å². The van der Waals surface area contributed by atoms with Gasteiger partial charge in [0.25, 0.3) is 5.91 Å². The van der Waals surface area contributed by atoms with Crippen molar-refractivity contribution < 1.29 is 27.1 Å². The van der Waals surface area contributed by atoms with Crippen molar-refractivity contribution in [2.75, 3.05) is 18.7 Å². The maximum Gasteiger partial charge on any atom is 0.322 e. The fourth-order valence-electron chi connectivity index (χ4n) is 3.93. The highest BCUT2D eigenvalue weighted by molar-refractivity contribution is 7.89. The first-order valence-corrected chi connectivity index (χ1v) is 12.0. The molecule has 1 unspecified atom stereocenters. The van der Waals surface area contributed by atoms with Gasteiger partial charge in [-0.3, -0.25) is 10.1 Å². The average Bonchev–Trinajstić information content (AvgIpc) is 3.48. The summed E-state index contributed by atoms with van der Waals surface area (Å²) in [4.78, 5) is 12.8. The van der Waals surface area contributed by atoms with Gasteiger partial charge < -0.3 is 13.9 Å². The maximum atomic E-state index is 13.0. The highest BCUT2D eigenvalue weighted by Gasteiger charge is 2.31. The predicted molar refractivity (Wildman–Crippen MR) is 117 cm³/mol. The number of aromatic nitrogens is 2. The lowest BCUT2D eigenvalue weighted by atomic mass is 10.1. The molecule has 33 heavy (non-hydrogen) atoms. The van der Waals surface area contributed by atoms with E-state index in [0.29, 0.717) is 23.6 Å². The second-order valence-corrected chi connectivity index (χ2v) is 9.81. The van der Waals surface area contributed by atoms with Crippen molar-refractivity contribution in [2.24, 2.45) is 0 Å². The van der Waals surface area contributed by atoms with Gasteiger partial charge in [0, 0.05) is 23.7 Å². The Balaban J connectivity index is 1.28. The van der Waals surface area contributed by atoms with Crippen molar-refractivity contribution in [2.45, 2.75) is 37.1 Å². The summed E-state index contributed by atoms with van der Waals surface area (Å²) >= 11 is 0. The second-order valence-electron chi connectivity index (χ2n) is 7.92. The van der Waals surface area contributed by atoms with E-state index in [-0.39, 0.29) is 35.2 Å². The summed E-state index contributed by atoms with van der Waals surface area (Å²) < 4.78 is 43.6. The Bertz CT molecular complexity index is 1290. The van der Waals surface area contributed by atoms with E-state index < -0.39 is 15.9 Å². The third-order valence-corrected chi connectivity index (χ3v) is 7.76. The minimum atomic E-state index is -3.60. The molecule has 1 atom stereocenters. The SMILES string of the molecule is CC1CCCCN1S(=O)(=O)c1ccc(C(=O)Nc2nnc(-c3ccc4c(c3)OCO4)o2)cc1. The molecule has 1 amide bonds. The normalized spacial score (nSPS) is 18.3. The van der Waals surface area contributed by atoms with Crippen LogP contribution in [0.15, 0.2) is 51.8 Å². The monoisotopic (exact) mass is 470 g/mol. The number of nitrogens with one attached hydrogen (secondary N) is 1. The molecular weight excluding hydrogens is 448 g/mol. The highest BCUT2D eigenvalue weighted by Crippen LogP contribution is 2.35. The van der Waals surface area contributed by atoms with Crippen LogP contribution in [0.3, 0.4) is 0 Å². The number of hydrogen-bond acceptors (Lipinski definition) is 8. The summed E-state index contributed by atoms with van der Waals surface area (Å²) in [6.45, 7) is 2.58. The summed E-state index contributed by atoms with van der Waals surface area (Å²) in [5.74, 6) is 0.920. The topological polar surface area (TPSA) is 124 Å². The van der Waals surface area contributed by atoms with Gasteiger partial charge in [0.1, 0.15) is 0 Å². The Kier molecular flexibility index (Phi) is 5.51. The second kappa shape index (κ2) is 8.49. The lowest BCUT2D eigenvalue weighted by Crippen LogP contribution is -2.41. The Labute approximate surface area is 190 Å². The lowest BCUT2D eigenvalue weighted by Gasteiger charge is -2.32. The molecule has 5 rings (SSSR count). The van der Waals surface area contributed by atoms with Gasteiger partial charge >= 0.3 is 6.01 Å². The zero-order valence-electron chi connectivity index (χ0n) is 17.9. The minimum Gasteiger partial charge on any atom is -0.454 e. The van der Waals surface area contributed by atoms with E-state index in [4.69, 9.17) is 13.9 Å². The summed E-state index contributed by atoms with van der Waals surface area (Å²) in [5, 5.41) is 10.3. The number of benzene rings is 2. The maximum absolute atomic E-state index is 13.0. The summed E-state index contributed by atoms with van der Waals surface area (Å²) in [6.07, 6.45) is 2.72. The van der Waals surface area contributed by atoms with Gasteiger partial charge in [-0.2, -0.15) is 4.31 Å². The van der Waals surface area contributed by atoms with Crippen molar-refractivity contribution in [3.8, 4) is 23.0 Å². The molecule has 1 saturated heterocycles. The van der Waals surface area contributed by atoms with Gasteiger partial charge in [0.15, 0.2) is 11.5 Å². The largest absolute Gasteiger partial charge is 0.454 e. The molecule has 2 aromatic carbocycles. The molecular formula is C22H22N4O6S. The van der Waals surface area contributed by atoms with Gasteiger partial charge in [-0.1, -0.05) is 11.5 Å². The fraction of sp³-hybridized carbons (Fsp3) is 0.318. The Hall–Kier alpha value is -3.44.